The molecule has 0 radical (unpaired) electrons. The van der Waals surface area contributed by atoms with Crippen LogP contribution in [0.5, 0.6) is 5.75 Å². The predicted molar refractivity (Wildman–Crippen MR) is 185 cm³/mol. The van der Waals surface area contributed by atoms with E-state index in [1.807, 2.05) is 30.3 Å². The molecule has 2 unspecified atom stereocenters. The molecule has 2 aromatic carbocycles. The molecule has 15 nitrogen and oxygen atoms in total. The molecule has 3 heterocycles. The highest BCUT2D eigenvalue weighted by molar-refractivity contribution is 6.24. The predicted octanol–water partition coefficient (Wildman–Crippen LogP) is 2.27. The van der Waals surface area contributed by atoms with Crippen LogP contribution in [-0.4, -0.2) is 133 Å². The molecule has 2 aromatic rings. The van der Waals surface area contributed by atoms with Crippen molar-refractivity contribution in [2.45, 2.75) is 37.6 Å². The van der Waals surface area contributed by atoms with Crippen LogP contribution >= 0.6 is 0 Å². The Morgan fingerprint density at radius 2 is 1.63 bits per heavy atom. The van der Waals surface area contributed by atoms with E-state index in [2.05, 4.69) is 20.1 Å². The van der Waals surface area contributed by atoms with E-state index >= 15 is 0 Å². The van der Waals surface area contributed by atoms with Crippen molar-refractivity contribution in [3.8, 4) is 5.75 Å². The molecular weight excluding hydrogens is 674 g/mol. The Balaban J connectivity index is 0.844. The summed E-state index contributed by atoms with van der Waals surface area (Å²) in [6.07, 6.45) is 1.23. The molecule has 0 saturated carbocycles. The number of ketones is 1. The summed E-state index contributed by atoms with van der Waals surface area (Å²) in [5, 5.41) is 12.7. The van der Waals surface area contributed by atoms with E-state index in [9.17, 15) is 33.9 Å². The number of aliphatic hydroxyl groups excluding tert-OH is 1. The normalized spacial score (nSPS) is 21.5. The lowest BCUT2D eigenvalue weighted by Crippen LogP contribution is -2.54. The number of Topliss-reactive ketones (excluding diaryl/α,β-unsaturated/α-hetero) is 1. The average Bonchev–Trinajstić information content (AvgIpc) is 3.39. The molecule has 15 heteroatoms. The van der Waals surface area contributed by atoms with Crippen molar-refractivity contribution < 1.29 is 48.1 Å². The summed E-state index contributed by atoms with van der Waals surface area (Å²) >= 11 is 0. The van der Waals surface area contributed by atoms with Crippen LogP contribution in [0.15, 0.2) is 64.9 Å². The number of fused-ring (bicyclic) bond motifs is 1. The first-order valence-corrected chi connectivity index (χ1v) is 17.4. The fourth-order valence-corrected chi connectivity index (χ4v) is 6.78. The first-order chi connectivity index (χ1) is 25.2. The number of benzene rings is 2. The summed E-state index contributed by atoms with van der Waals surface area (Å²) in [5.41, 5.74) is 1.20. The number of piperazine rings is 1. The van der Waals surface area contributed by atoms with E-state index in [1.165, 1.54) is 24.4 Å². The van der Waals surface area contributed by atoms with Crippen LogP contribution in [0, 0.1) is 0 Å². The topological polar surface area (TPSA) is 184 Å². The fraction of sp³-hybridized carbons (Fsp3) is 0.432. The first-order valence-electron chi connectivity index (χ1n) is 17.4. The van der Waals surface area contributed by atoms with Crippen molar-refractivity contribution in [1.29, 1.82) is 0 Å². The SMILES string of the molecule is O=C1CCC(N2C(=O)c3cccc(OC(=O)OCCOCCN4CCN(CCN=CC5=C(O)CC(c6ccccc6)CC5=O)CC4)c3C2=O)C(=O)N1. The maximum Gasteiger partial charge on any atom is 0.513 e. The Morgan fingerprint density at radius 3 is 2.37 bits per heavy atom. The molecule has 2 saturated heterocycles. The van der Waals surface area contributed by atoms with E-state index < -0.39 is 35.8 Å². The molecule has 274 valence electrons. The van der Waals surface area contributed by atoms with E-state index in [4.69, 9.17) is 14.2 Å². The minimum absolute atomic E-state index is 0.00798. The van der Waals surface area contributed by atoms with Gasteiger partial charge in [0, 0.05) is 64.7 Å². The van der Waals surface area contributed by atoms with Crippen LogP contribution < -0.4 is 10.1 Å². The lowest BCUT2D eigenvalue weighted by atomic mass is 9.83. The van der Waals surface area contributed by atoms with Gasteiger partial charge >= 0.3 is 6.16 Å². The number of piperidine rings is 1. The number of imide groups is 2. The van der Waals surface area contributed by atoms with Crippen LogP contribution in [0.2, 0.25) is 0 Å². The largest absolute Gasteiger partial charge is 0.513 e. The van der Waals surface area contributed by atoms with Gasteiger partial charge < -0.3 is 19.3 Å². The number of aliphatic hydroxyl groups is 1. The second kappa shape index (κ2) is 16.8. The van der Waals surface area contributed by atoms with Crippen molar-refractivity contribution in [3.05, 3.63) is 76.6 Å². The van der Waals surface area contributed by atoms with Crippen LogP contribution in [0.25, 0.3) is 0 Å². The number of carbonyl (C=O) groups excluding carboxylic acids is 6. The number of rotatable bonds is 13. The van der Waals surface area contributed by atoms with Gasteiger partial charge in [0.25, 0.3) is 11.8 Å². The summed E-state index contributed by atoms with van der Waals surface area (Å²) < 4.78 is 16.0. The standard InChI is InChI=1S/C37H41N5O10/c43-29-21-25(24-5-2-1-3-6-24)22-30(44)27(29)23-38-11-12-40-13-15-41(16-14-40)17-18-50-19-20-51-37(49)52-31-8-4-7-26-33(31)36(48)42(35(26)47)28-9-10-32(45)39-34(28)46/h1-8,23,25,28,43H,9-22H2,(H,39,45,46). The van der Waals surface area contributed by atoms with Crippen LogP contribution in [0.3, 0.4) is 0 Å². The van der Waals surface area contributed by atoms with E-state index in [-0.39, 0.29) is 60.4 Å². The monoisotopic (exact) mass is 715 g/mol. The molecule has 4 aliphatic rings. The van der Waals surface area contributed by atoms with Crippen molar-refractivity contribution in [2.75, 3.05) is 65.6 Å². The number of hydrogen-bond donors (Lipinski definition) is 2. The average molecular weight is 716 g/mol. The minimum atomic E-state index is -1.14. The van der Waals surface area contributed by atoms with Crippen molar-refractivity contribution >= 4 is 41.8 Å². The van der Waals surface area contributed by atoms with Gasteiger partial charge in [0.2, 0.25) is 11.8 Å². The van der Waals surface area contributed by atoms with Gasteiger partial charge in [0.15, 0.2) is 5.78 Å². The summed E-state index contributed by atoms with van der Waals surface area (Å²) in [4.78, 5) is 84.8. The molecule has 0 spiro atoms. The van der Waals surface area contributed by atoms with Crippen LogP contribution in [-0.2, 0) is 23.9 Å². The van der Waals surface area contributed by atoms with Crippen molar-refractivity contribution in [2.24, 2.45) is 4.99 Å². The highest BCUT2D eigenvalue weighted by Crippen LogP contribution is 2.34. The third kappa shape index (κ3) is 8.61. The van der Waals surface area contributed by atoms with E-state index in [0.29, 0.717) is 38.1 Å². The summed E-state index contributed by atoms with van der Waals surface area (Å²) in [5.74, 6) is -2.88. The Kier molecular flexibility index (Phi) is 11.8. The van der Waals surface area contributed by atoms with E-state index in [0.717, 1.165) is 43.2 Å². The van der Waals surface area contributed by atoms with Crippen molar-refractivity contribution in [3.63, 3.8) is 0 Å². The summed E-state index contributed by atoms with van der Waals surface area (Å²) in [7, 11) is 0. The Hall–Kier alpha value is -5.25. The number of nitrogens with zero attached hydrogens (tertiary/aromatic N) is 4. The summed E-state index contributed by atoms with van der Waals surface area (Å²) in [6.45, 7) is 5.86. The maximum atomic E-state index is 13.2. The molecular formula is C37H41N5O10. The number of allylic oxidation sites excluding steroid dienone is 2. The molecule has 2 atom stereocenters. The number of amides is 4. The minimum Gasteiger partial charge on any atom is -0.511 e. The molecule has 3 aliphatic heterocycles. The molecule has 0 bridgehead atoms. The lowest BCUT2D eigenvalue weighted by molar-refractivity contribution is -0.136. The molecule has 1 aliphatic carbocycles. The van der Waals surface area contributed by atoms with E-state index in [1.54, 1.807) is 0 Å². The smallest absolute Gasteiger partial charge is 0.511 e. The quantitative estimate of drug-likeness (QED) is 0.102. The maximum absolute atomic E-state index is 13.2. The highest BCUT2D eigenvalue weighted by atomic mass is 16.7. The molecule has 0 aromatic heterocycles. The number of aliphatic imine (C=N–C) groups is 1. The second-order valence-electron chi connectivity index (χ2n) is 13.0. The first kappa shape index (κ1) is 36.5. The van der Waals surface area contributed by atoms with Gasteiger partial charge in [-0.15, -0.1) is 0 Å². The molecule has 4 amide bonds. The third-order valence-corrected chi connectivity index (χ3v) is 9.61. The Bertz CT molecular complexity index is 1770. The van der Waals surface area contributed by atoms with Crippen molar-refractivity contribution in [1.82, 2.24) is 20.0 Å². The second-order valence-corrected chi connectivity index (χ2v) is 13.0. The molecule has 2 fully saturated rings. The van der Waals surface area contributed by atoms with Gasteiger partial charge in [-0.1, -0.05) is 36.4 Å². The van der Waals surface area contributed by atoms with Gasteiger partial charge in [-0.05, 0) is 30.0 Å². The Labute approximate surface area is 300 Å². The molecule has 6 rings (SSSR count). The molecule has 2 N–H and O–H groups in total. The zero-order valence-corrected chi connectivity index (χ0v) is 28.7. The van der Waals surface area contributed by atoms with Gasteiger partial charge in [-0.25, -0.2) is 4.79 Å². The number of hydrogen-bond acceptors (Lipinski definition) is 13. The highest BCUT2D eigenvalue weighted by Gasteiger charge is 2.46. The molecule has 52 heavy (non-hydrogen) atoms. The Morgan fingerprint density at radius 1 is 0.885 bits per heavy atom. The number of nitrogens with one attached hydrogen (secondary N) is 1. The zero-order valence-electron chi connectivity index (χ0n) is 28.7. The third-order valence-electron chi connectivity index (χ3n) is 9.61. The van der Waals surface area contributed by atoms with Crippen LogP contribution in [0.1, 0.15) is 57.9 Å². The van der Waals surface area contributed by atoms with Gasteiger partial charge in [0.1, 0.15) is 24.2 Å². The number of carbonyl (C=O) groups is 6. The van der Waals surface area contributed by atoms with Crippen LogP contribution in [0.4, 0.5) is 4.79 Å². The van der Waals surface area contributed by atoms with Gasteiger partial charge in [-0.2, -0.15) is 0 Å². The zero-order chi connectivity index (χ0) is 36.6. The van der Waals surface area contributed by atoms with Gasteiger partial charge in [0.05, 0.1) is 36.5 Å². The number of ether oxygens (including phenoxy) is 3. The van der Waals surface area contributed by atoms with Gasteiger partial charge in [-0.3, -0.25) is 49.0 Å². The summed E-state index contributed by atoms with van der Waals surface area (Å²) in [6, 6.07) is 12.8. The fourth-order valence-electron chi connectivity index (χ4n) is 6.78. The lowest BCUT2D eigenvalue weighted by Gasteiger charge is -2.34.